The molecule has 4 nitrogen and oxygen atoms in total. The fraction of sp³-hybridized carbons (Fsp3) is 0.500. The first-order valence-electron chi connectivity index (χ1n) is 6.96. The van der Waals surface area contributed by atoms with E-state index in [9.17, 15) is 9.59 Å². The largest absolute Gasteiger partial charge is 0.355 e. The van der Waals surface area contributed by atoms with Crippen LogP contribution in [0.2, 0.25) is 0 Å². The highest BCUT2D eigenvalue weighted by Gasteiger charge is 2.35. The monoisotopic (exact) mass is 276 g/mol. The molecule has 0 fully saturated rings. The van der Waals surface area contributed by atoms with Crippen molar-refractivity contribution in [2.24, 2.45) is 5.41 Å². The van der Waals surface area contributed by atoms with Crippen molar-refractivity contribution in [1.29, 1.82) is 0 Å². The van der Waals surface area contributed by atoms with Crippen LogP contribution in [0.5, 0.6) is 0 Å². The first-order valence-corrected chi connectivity index (χ1v) is 6.96. The minimum atomic E-state index is -1.09. The zero-order chi connectivity index (χ0) is 15.3. The maximum absolute atomic E-state index is 12.3. The van der Waals surface area contributed by atoms with Gasteiger partial charge in [-0.15, -0.1) is 0 Å². The molecule has 0 bridgehead atoms. The van der Waals surface area contributed by atoms with Crippen molar-refractivity contribution in [3.8, 4) is 0 Å². The molecule has 2 N–H and O–H groups in total. The topological polar surface area (TPSA) is 58.2 Å². The smallest absolute Gasteiger partial charge is 0.239 e. The summed E-state index contributed by atoms with van der Waals surface area (Å²) < 4.78 is 0. The van der Waals surface area contributed by atoms with Gasteiger partial charge in [-0.05, 0) is 57.4 Å². The van der Waals surface area contributed by atoms with Gasteiger partial charge in [0.25, 0.3) is 0 Å². The predicted molar refractivity (Wildman–Crippen MR) is 81.6 cm³/mol. The van der Waals surface area contributed by atoms with E-state index in [2.05, 4.69) is 10.6 Å². The van der Waals surface area contributed by atoms with Crippen molar-refractivity contribution >= 4 is 17.5 Å². The number of hydrogen-bond acceptors (Lipinski definition) is 2. The van der Waals surface area contributed by atoms with E-state index in [1.807, 2.05) is 39.0 Å². The summed E-state index contributed by atoms with van der Waals surface area (Å²) in [7, 11) is 0. The molecule has 1 aromatic carbocycles. The highest BCUT2D eigenvalue weighted by molar-refractivity contribution is 6.09. The Hall–Kier alpha value is -1.84. The van der Waals surface area contributed by atoms with Gasteiger partial charge in [-0.2, -0.15) is 0 Å². The molecule has 0 heterocycles. The summed E-state index contributed by atoms with van der Waals surface area (Å²) in [6, 6.07) is 5.71. The number of benzene rings is 1. The van der Waals surface area contributed by atoms with Crippen LogP contribution in [0.3, 0.4) is 0 Å². The Morgan fingerprint density at radius 1 is 1.10 bits per heavy atom. The highest BCUT2D eigenvalue weighted by Crippen LogP contribution is 2.20. The molecule has 1 rings (SSSR count). The maximum atomic E-state index is 12.3. The van der Waals surface area contributed by atoms with Crippen LogP contribution in [0.15, 0.2) is 18.2 Å². The lowest BCUT2D eigenvalue weighted by molar-refractivity contribution is -0.138. The van der Waals surface area contributed by atoms with Crippen molar-refractivity contribution in [2.45, 2.75) is 41.0 Å². The number of carbonyl (C=O) groups is 2. The minimum absolute atomic E-state index is 0.249. The Balaban J connectivity index is 2.78. The van der Waals surface area contributed by atoms with Gasteiger partial charge < -0.3 is 10.6 Å². The molecule has 0 spiro atoms. The summed E-state index contributed by atoms with van der Waals surface area (Å²) in [6.07, 6.45) is 0.848. The summed E-state index contributed by atoms with van der Waals surface area (Å²) in [5, 5.41) is 5.57. The minimum Gasteiger partial charge on any atom is -0.355 e. The van der Waals surface area contributed by atoms with Gasteiger partial charge in [0.05, 0.1) is 0 Å². The van der Waals surface area contributed by atoms with E-state index in [4.69, 9.17) is 0 Å². The summed E-state index contributed by atoms with van der Waals surface area (Å²) >= 11 is 0. The summed E-state index contributed by atoms with van der Waals surface area (Å²) in [4.78, 5) is 24.3. The quantitative estimate of drug-likeness (QED) is 0.812. The van der Waals surface area contributed by atoms with Crippen LogP contribution in [0.25, 0.3) is 0 Å². The van der Waals surface area contributed by atoms with Gasteiger partial charge in [-0.1, -0.05) is 13.0 Å². The van der Waals surface area contributed by atoms with E-state index >= 15 is 0 Å². The molecule has 0 aliphatic rings. The van der Waals surface area contributed by atoms with E-state index in [1.165, 1.54) is 5.56 Å². The van der Waals surface area contributed by atoms with Gasteiger partial charge in [0, 0.05) is 12.2 Å². The standard InChI is InChI=1S/C16H24N2O2/c1-6-9-17-14(19)16(4,5)15(20)18-13-8-7-11(2)12(3)10-13/h7-8,10H,6,9H2,1-5H3,(H,17,19)(H,18,20). The SMILES string of the molecule is CCCNC(=O)C(C)(C)C(=O)Nc1ccc(C)c(C)c1. The predicted octanol–water partition coefficient (Wildman–Crippen LogP) is 2.79. The van der Waals surface area contributed by atoms with E-state index in [-0.39, 0.29) is 11.8 Å². The lowest BCUT2D eigenvalue weighted by Crippen LogP contribution is -2.45. The number of nitrogens with one attached hydrogen (secondary N) is 2. The number of aryl methyl sites for hydroxylation is 2. The Morgan fingerprint density at radius 2 is 1.75 bits per heavy atom. The Morgan fingerprint density at radius 3 is 2.30 bits per heavy atom. The van der Waals surface area contributed by atoms with Crippen LogP contribution >= 0.6 is 0 Å². The van der Waals surface area contributed by atoms with Crippen LogP contribution in [0.1, 0.15) is 38.3 Å². The van der Waals surface area contributed by atoms with Crippen LogP contribution in [0, 0.1) is 19.3 Å². The van der Waals surface area contributed by atoms with Gasteiger partial charge in [0.2, 0.25) is 11.8 Å². The zero-order valence-corrected chi connectivity index (χ0v) is 13.0. The summed E-state index contributed by atoms with van der Waals surface area (Å²) in [5.41, 5.74) is 1.90. The average molecular weight is 276 g/mol. The van der Waals surface area contributed by atoms with Gasteiger partial charge >= 0.3 is 0 Å². The van der Waals surface area contributed by atoms with Crippen molar-refractivity contribution < 1.29 is 9.59 Å². The molecule has 0 aliphatic carbocycles. The lowest BCUT2D eigenvalue weighted by Gasteiger charge is -2.22. The first kappa shape index (κ1) is 16.2. The van der Waals surface area contributed by atoms with Gasteiger partial charge in [0.1, 0.15) is 5.41 Å². The molecule has 4 heteroatoms. The molecule has 0 aliphatic heterocycles. The molecule has 0 saturated carbocycles. The van der Waals surface area contributed by atoms with Crippen LogP contribution in [0.4, 0.5) is 5.69 Å². The number of rotatable bonds is 5. The van der Waals surface area contributed by atoms with Gasteiger partial charge in [-0.25, -0.2) is 0 Å². The second kappa shape index (κ2) is 6.55. The molecular formula is C16H24N2O2. The van der Waals surface area contributed by atoms with Crippen LogP contribution in [-0.4, -0.2) is 18.4 Å². The van der Waals surface area contributed by atoms with Gasteiger partial charge in [0.15, 0.2) is 0 Å². The summed E-state index contributed by atoms with van der Waals surface area (Å²) in [6.45, 7) is 9.83. The van der Waals surface area contributed by atoms with Crippen molar-refractivity contribution in [3.63, 3.8) is 0 Å². The normalized spacial score (nSPS) is 11.1. The molecule has 0 unspecified atom stereocenters. The number of hydrogen-bond donors (Lipinski definition) is 2. The van der Waals surface area contributed by atoms with E-state index in [1.54, 1.807) is 13.8 Å². The maximum Gasteiger partial charge on any atom is 0.239 e. The molecule has 0 radical (unpaired) electrons. The van der Waals surface area contributed by atoms with E-state index in [0.717, 1.165) is 17.7 Å². The highest BCUT2D eigenvalue weighted by atomic mass is 16.2. The van der Waals surface area contributed by atoms with E-state index < -0.39 is 5.41 Å². The van der Waals surface area contributed by atoms with Crippen LogP contribution < -0.4 is 10.6 Å². The Bertz CT molecular complexity index is 507. The Labute approximate surface area is 121 Å². The van der Waals surface area contributed by atoms with Gasteiger partial charge in [-0.3, -0.25) is 9.59 Å². The second-order valence-electron chi connectivity index (χ2n) is 5.63. The molecule has 0 atom stereocenters. The third-order valence-electron chi connectivity index (χ3n) is 3.44. The fourth-order valence-electron chi connectivity index (χ4n) is 1.67. The molecule has 20 heavy (non-hydrogen) atoms. The average Bonchev–Trinajstić information content (AvgIpc) is 2.39. The zero-order valence-electron chi connectivity index (χ0n) is 13.0. The molecule has 0 saturated heterocycles. The second-order valence-corrected chi connectivity index (χ2v) is 5.63. The number of anilines is 1. The lowest BCUT2D eigenvalue weighted by atomic mass is 9.91. The molecular weight excluding hydrogens is 252 g/mol. The number of amides is 2. The number of carbonyl (C=O) groups excluding carboxylic acids is 2. The summed E-state index contributed by atoms with van der Waals surface area (Å²) in [5.74, 6) is -0.546. The van der Waals surface area contributed by atoms with Crippen molar-refractivity contribution in [3.05, 3.63) is 29.3 Å². The third kappa shape index (κ3) is 3.83. The molecule has 1 aromatic rings. The Kier molecular flexibility index (Phi) is 5.31. The van der Waals surface area contributed by atoms with Crippen molar-refractivity contribution in [2.75, 3.05) is 11.9 Å². The van der Waals surface area contributed by atoms with Crippen LogP contribution in [-0.2, 0) is 9.59 Å². The molecule has 110 valence electrons. The molecule has 2 amide bonds. The third-order valence-corrected chi connectivity index (χ3v) is 3.44. The molecule has 0 aromatic heterocycles. The van der Waals surface area contributed by atoms with Crippen molar-refractivity contribution in [1.82, 2.24) is 5.32 Å². The van der Waals surface area contributed by atoms with E-state index in [0.29, 0.717) is 6.54 Å². The fourth-order valence-corrected chi connectivity index (χ4v) is 1.67. The first-order chi connectivity index (χ1) is 9.28.